The minimum absolute atomic E-state index is 0. The van der Waals surface area contributed by atoms with Crippen LogP contribution in [0.1, 0.15) is 62.4 Å². The van der Waals surface area contributed by atoms with Gasteiger partial charge in [0.25, 0.3) is 0 Å². The highest BCUT2D eigenvalue weighted by molar-refractivity contribution is 6.30. The van der Waals surface area contributed by atoms with Crippen molar-refractivity contribution in [2.45, 2.75) is 77.4 Å². The van der Waals surface area contributed by atoms with Gasteiger partial charge in [-0.3, -0.25) is 4.90 Å². The maximum Gasteiger partial charge on any atom is 0.374 e. The second-order valence-corrected chi connectivity index (χ2v) is 11.6. The number of aryl methyl sites for hydroxylation is 2. The molecule has 40 heavy (non-hydrogen) atoms. The predicted octanol–water partition coefficient (Wildman–Crippen LogP) is 5.92. The lowest BCUT2D eigenvalue weighted by Gasteiger charge is -2.44. The summed E-state index contributed by atoms with van der Waals surface area (Å²) in [6, 6.07) is 5.49. The molecule has 2 aliphatic heterocycles. The summed E-state index contributed by atoms with van der Waals surface area (Å²) in [6.07, 6.45) is 3.36. The number of likely N-dealkylation sites (tertiary alicyclic amines) is 1. The smallest absolute Gasteiger partial charge is 0.374 e. The van der Waals surface area contributed by atoms with E-state index in [2.05, 4.69) is 23.6 Å². The number of carboxylic acid groups (broad SMARTS) is 1. The standard InChI is InChI=1S/C28H35ClF2N6O2.ClH/c1-16-12-20(29)7-8-22(16)19(4)37-26-25(18(3)34-37)32-14-24(33-26)35-11-9-23(17(2)15-35)36-10-5-6-21(36)13-28(30,31)27(38)39;/h7-8,12,14,17,19,21,23H,5-6,9-11,13,15H2,1-4H3,(H,38,39);1H. The van der Waals surface area contributed by atoms with Gasteiger partial charge in [0.2, 0.25) is 0 Å². The monoisotopic (exact) mass is 596 g/mol. The van der Waals surface area contributed by atoms with Crippen LogP contribution in [0.5, 0.6) is 0 Å². The van der Waals surface area contributed by atoms with Gasteiger partial charge in [-0.2, -0.15) is 13.9 Å². The van der Waals surface area contributed by atoms with Crippen LogP contribution in [0.15, 0.2) is 24.4 Å². The molecule has 0 amide bonds. The number of carboxylic acids is 1. The fourth-order valence-electron chi connectivity index (χ4n) is 6.43. The van der Waals surface area contributed by atoms with Crippen molar-refractivity contribution >= 4 is 47.0 Å². The molecule has 0 spiro atoms. The molecule has 3 aromatic rings. The van der Waals surface area contributed by atoms with Crippen molar-refractivity contribution in [1.29, 1.82) is 0 Å². The summed E-state index contributed by atoms with van der Waals surface area (Å²) in [7, 11) is 0. The molecule has 2 aliphatic rings. The van der Waals surface area contributed by atoms with Crippen LogP contribution in [0.3, 0.4) is 0 Å². The van der Waals surface area contributed by atoms with Crippen molar-refractivity contribution in [3.8, 4) is 0 Å². The normalized spacial score (nSPS) is 22.9. The summed E-state index contributed by atoms with van der Waals surface area (Å²) in [6.45, 7) is 10.3. The third-order valence-corrected chi connectivity index (χ3v) is 8.68. The third kappa shape index (κ3) is 5.76. The van der Waals surface area contributed by atoms with Gasteiger partial charge >= 0.3 is 11.9 Å². The Balaban J connectivity index is 0.00000370. The molecule has 0 saturated carbocycles. The number of benzene rings is 1. The molecular formula is C28H36Cl2F2N6O2. The molecular weight excluding hydrogens is 561 g/mol. The van der Waals surface area contributed by atoms with Crippen molar-refractivity contribution < 1.29 is 18.7 Å². The first-order chi connectivity index (χ1) is 18.5. The number of alkyl halides is 2. The van der Waals surface area contributed by atoms with E-state index in [1.54, 1.807) is 6.20 Å². The minimum Gasteiger partial charge on any atom is -0.477 e. The zero-order valence-electron chi connectivity index (χ0n) is 23.1. The zero-order chi connectivity index (χ0) is 28.1. The maximum absolute atomic E-state index is 14.0. The van der Waals surface area contributed by atoms with Gasteiger partial charge in [-0.25, -0.2) is 19.4 Å². The molecule has 1 N–H and O–H groups in total. The first kappa shape index (κ1) is 30.4. The number of piperidine rings is 1. The number of carbonyl (C=O) groups is 1. The van der Waals surface area contributed by atoms with Crippen LogP contribution >= 0.6 is 24.0 Å². The van der Waals surface area contributed by atoms with Crippen molar-refractivity contribution in [2.75, 3.05) is 24.5 Å². The Morgan fingerprint density at radius 3 is 2.67 bits per heavy atom. The fraction of sp³-hybridized carbons (Fsp3) is 0.571. The van der Waals surface area contributed by atoms with E-state index < -0.39 is 24.4 Å². The van der Waals surface area contributed by atoms with E-state index >= 15 is 0 Å². The van der Waals surface area contributed by atoms with Gasteiger partial charge < -0.3 is 10.0 Å². The molecule has 0 radical (unpaired) electrons. The number of hydrogen-bond acceptors (Lipinski definition) is 6. The molecule has 2 fully saturated rings. The highest BCUT2D eigenvalue weighted by Gasteiger charge is 2.46. The summed E-state index contributed by atoms with van der Waals surface area (Å²) >= 11 is 6.18. The van der Waals surface area contributed by atoms with Crippen LogP contribution in [-0.2, 0) is 4.79 Å². The predicted molar refractivity (Wildman–Crippen MR) is 154 cm³/mol. The van der Waals surface area contributed by atoms with Gasteiger partial charge in [-0.15, -0.1) is 12.4 Å². The van der Waals surface area contributed by atoms with Crippen molar-refractivity contribution in [1.82, 2.24) is 24.6 Å². The van der Waals surface area contributed by atoms with E-state index in [4.69, 9.17) is 31.8 Å². The second kappa shape index (κ2) is 11.7. The zero-order valence-corrected chi connectivity index (χ0v) is 24.7. The molecule has 8 nitrogen and oxygen atoms in total. The number of hydrogen-bond donors (Lipinski definition) is 1. The van der Waals surface area contributed by atoms with Gasteiger partial charge in [0, 0.05) is 36.6 Å². The number of rotatable bonds is 7. The Hall–Kier alpha value is -2.56. The van der Waals surface area contributed by atoms with Crippen LogP contribution in [0, 0.1) is 19.8 Å². The highest BCUT2D eigenvalue weighted by atomic mass is 35.5. The van der Waals surface area contributed by atoms with E-state index in [0.717, 1.165) is 53.2 Å². The first-order valence-corrected chi connectivity index (χ1v) is 13.9. The van der Waals surface area contributed by atoms with Crippen molar-refractivity contribution in [2.24, 2.45) is 5.92 Å². The molecule has 4 unspecified atom stereocenters. The van der Waals surface area contributed by atoms with E-state index in [0.29, 0.717) is 24.5 Å². The summed E-state index contributed by atoms with van der Waals surface area (Å²) in [5.41, 5.74) is 4.49. The first-order valence-electron chi connectivity index (χ1n) is 13.6. The minimum atomic E-state index is -3.70. The van der Waals surface area contributed by atoms with E-state index in [9.17, 15) is 13.6 Å². The van der Waals surface area contributed by atoms with E-state index in [1.807, 2.05) is 36.7 Å². The van der Waals surface area contributed by atoms with Gasteiger partial charge in [-0.05, 0) is 75.8 Å². The topological polar surface area (TPSA) is 87.4 Å². The van der Waals surface area contributed by atoms with Crippen LogP contribution in [0.25, 0.3) is 11.2 Å². The van der Waals surface area contributed by atoms with Crippen LogP contribution in [0.2, 0.25) is 5.02 Å². The fourth-order valence-corrected chi connectivity index (χ4v) is 6.66. The molecule has 4 heterocycles. The Morgan fingerprint density at radius 2 is 2.00 bits per heavy atom. The van der Waals surface area contributed by atoms with Gasteiger partial charge in [-0.1, -0.05) is 24.6 Å². The van der Waals surface area contributed by atoms with Crippen LogP contribution in [0.4, 0.5) is 14.6 Å². The van der Waals surface area contributed by atoms with Gasteiger partial charge in [0.1, 0.15) is 11.3 Å². The second-order valence-electron chi connectivity index (χ2n) is 11.1. The number of fused-ring (bicyclic) bond motifs is 1. The highest BCUT2D eigenvalue weighted by Crippen LogP contribution is 2.36. The largest absolute Gasteiger partial charge is 0.477 e. The number of anilines is 1. The molecule has 1 aromatic carbocycles. The Morgan fingerprint density at radius 1 is 1.25 bits per heavy atom. The molecule has 5 rings (SSSR count). The van der Waals surface area contributed by atoms with Crippen LogP contribution < -0.4 is 4.90 Å². The lowest BCUT2D eigenvalue weighted by molar-refractivity contribution is -0.167. The van der Waals surface area contributed by atoms with Crippen LogP contribution in [-0.4, -0.2) is 73.4 Å². The summed E-state index contributed by atoms with van der Waals surface area (Å²) in [5.74, 6) is -4.78. The Labute approximate surface area is 244 Å². The Bertz CT molecular complexity index is 1390. The third-order valence-electron chi connectivity index (χ3n) is 8.45. The number of nitrogens with zero attached hydrogens (tertiary/aromatic N) is 6. The molecule has 2 saturated heterocycles. The van der Waals surface area contributed by atoms with E-state index in [-0.39, 0.29) is 30.4 Å². The molecule has 2 aromatic heterocycles. The summed E-state index contributed by atoms with van der Waals surface area (Å²) < 4.78 is 30.0. The molecule has 12 heteroatoms. The number of aromatic nitrogens is 4. The maximum atomic E-state index is 14.0. The lowest BCUT2D eigenvalue weighted by atomic mass is 9.91. The Kier molecular flexibility index (Phi) is 8.92. The number of halogens is 4. The molecule has 0 bridgehead atoms. The quantitative estimate of drug-likeness (QED) is 0.362. The molecule has 218 valence electrons. The SMILES string of the molecule is Cc1cc(Cl)ccc1C(C)n1nc(C)c2ncc(N3CCC(N4CCCC4CC(F)(F)C(=O)O)C(C)C3)nc21.Cl. The van der Waals surface area contributed by atoms with Crippen molar-refractivity contribution in [3.05, 3.63) is 46.2 Å². The summed E-state index contributed by atoms with van der Waals surface area (Å²) in [4.78, 5) is 25.1. The number of aliphatic carboxylic acids is 1. The summed E-state index contributed by atoms with van der Waals surface area (Å²) in [5, 5.41) is 14.4. The average molecular weight is 598 g/mol. The van der Waals surface area contributed by atoms with Gasteiger partial charge in [0.05, 0.1) is 17.9 Å². The van der Waals surface area contributed by atoms with E-state index in [1.165, 1.54) is 0 Å². The average Bonchev–Trinajstić information content (AvgIpc) is 3.46. The lowest BCUT2D eigenvalue weighted by Crippen LogP contribution is -2.53. The van der Waals surface area contributed by atoms with Gasteiger partial charge in [0.15, 0.2) is 5.65 Å². The van der Waals surface area contributed by atoms with Crippen molar-refractivity contribution in [3.63, 3.8) is 0 Å². The molecule has 0 aliphatic carbocycles. The molecule has 4 atom stereocenters.